The number of rotatable bonds is 3. The van der Waals surface area contributed by atoms with Crippen molar-refractivity contribution in [2.45, 2.75) is 19.4 Å². The normalized spacial score (nSPS) is 15.5. The molecule has 0 radical (unpaired) electrons. The van der Waals surface area contributed by atoms with Gasteiger partial charge in [-0.1, -0.05) is 30.3 Å². The lowest BCUT2D eigenvalue weighted by molar-refractivity contribution is 0.389. The molecule has 4 rings (SSSR count). The molecule has 3 aromatic rings. The van der Waals surface area contributed by atoms with E-state index in [2.05, 4.69) is 11.1 Å². The number of allylic oxidation sites excluding steroid dienone is 1. The summed E-state index contributed by atoms with van der Waals surface area (Å²) >= 11 is 0. The highest BCUT2D eigenvalue weighted by molar-refractivity contribution is 5.55. The molecule has 2 aromatic heterocycles. The predicted octanol–water partition coefficient (Wildman–Crippen LogP) is 2.82. The smallest absolute Gasteiger partial charge is 0.259 e. The fourth-order valence-electron chi connectivity index (χ4n) is 3.54. The Kier molecular flexibility index (Phi) is 4.42. The molecule has 1 unspecified atom stereocenters. The van der Waals surface area contributed by atoms with E-state index in [1.165, 1.54) is 0 Å². The Hall–Kier alpha value is -3.85. The van der Waals surface area contributed by atoms with Crippen LogP contribution in [0.5, 0.6) is 5.75 Å². The highest BCUT2D eigenvalue weighted by atomic mass is 16.5. The zero-order valence-corrected chi connectivity index (χ0v) is 15.3. The van der Waals surface area contributed by atoms with Gasteiger partial charge in [0.1, 0.15) is 17.4 Å². The van der Waals surface area contributed by atoms with E-state index in [1.807, 2.05) is 37.3 Å². The van der Waals surface area contributed by atoms with Crippen LogP contribution < -0.4 is 16.0 Å². The zero-order chi connectivity index (χ0) is 19.7. The van der Waals surface area contributed by atoms with Crippen LogP contribution in [0, 0.1) is 18.3 Å². The summed E-state index contributed by atoms with van der Waals surface area (Å²) in [6.45, 7) is 2.29. The molecular weight excluding hydrogens is 352 g/mol. The maximum absolute atomic E-state index is 13.5. The molecule has 1 atom stereocenters. The van der Waals surface area contributed by atoms with E-state index in [4.69, 9.17) is 10.5 Å². The number of aryl methyl sites for hydroxylation is 1. The van der Waals surface area contributed by atoms with Gasteiger partial charge >= 0.3 is 0 Å². The molecule has 0 spiro atoms. The molecule has 0 aliphatic carbocycles. The van der Waals surface area contributed by atoms with Crippen LogP contribution in [-0.4, -0.2) is 9.55 Å². The van der Waals surface area contributed by atoms with Gasteiger partial charge in [-0.3, -0.25) is 9.78 Å². The van der Waals surface area contributed by atoms with Crippen molar-refractivity contribution in [3.63, 3.8) is 0 Å². The van der Waals surface area contributed by atoms with Crippen molar-refractivity contribution in [2.75, 3.05) is 0 Å². The van der Waals surface area contributed by atoms with Gasteiger partial charge in [0, 0.05) is 24.2 Å². The van der Waals surface area contributed by atoms with Gasteiger partial charge in [0.05, 0.1) is 18.0 Å². The summed E-state index contributed by atoms with van der Waals surface area (Å²) < 4.78 is 7.36. The van der Waals surface area contributed by atoms with Crippen molar-refractivity contribution in [1.82, 2.24) is 9.55 Å². The van der Waals surface area contributed by atoms with Crippen LogP contribution in [0.1, 0.15) is 28.3 Å². The second-order valence-corrected chi connectivity index (χ2v) is 6.65. The van der Waals surface area contributed by atoms with Crippen LogP contribution >= 0.6 is 0 Å². The Morgan fingerprint density at radius 2 is 1.93 bits per heavy atom. The van der Waals surface area contributed by atoms with Crippen LogP contribution in [0.4, 0.5) is 0 Å². The Bertz CT molecular complexity index is 1160. The standard InChI is InChI=1S/C22H18N4O2/c1-14-11-18-20(22(27)26(14)13-15-5-3-2-4-6-15)19(16-7-9-25-10-8-16)17(12-23)21(24)28-18/h2-11,19H,13,24H2,1H3. The third-order valence-corrected chi connectivity index (χ3v) is 4.91. The van der Waals surface area contributed by atoms with Gasteiger partial charge in [-0.15, -0.1) is 0 Å². The number of nitrogens with two attached hydrogens (primary N) is 1. The first kappa shape index (κ1) is 17.6. The molecule has 6 heteroatoms. The van der Waals surface area contributed by atoms with Crippen molar-refractivity contribution in [3.8, 4) is 11.8 Å². The summed E-state index contributed by atoms with van der Waals surface area (Å²) in [5.74, 6) is -0.173. The summed E-state index contributed by atoms with van der Waals surface area (Å²) in [5.41, 5.74) is 9.00. The molecule has 6 nitrogen and oxygen atoms in total. The van der Waals surface area contributed by atoms with Crippen molar-refractivity contribution in [2.24, 2.45) is 5.73 Å². The minimum atomic E-state index is -0.591. The minimum absolute atomic E-state index is 0.0245. The molecular formula is C22H18N4O2. The third kappa shape index (κ3) is 2.93. The van der Waals surface area contributed by atoms with Gasteiger partial charge in [0.15, 0.2) is 0 Å². The number of nitrogens with zero attached hydrogens (tertiary/aromatic N) is 3. The predicted molar refractivity (Wildman–Crippen MR) is 105 cm³/mol. The maximum atomic E-state index is 13.5. The molecule has 138 valence electrons. The number of ether oxygens (including phenoxy) is 1. The van der Waals surface area contributed by atoms with E-state index in [0.29, 0.717) is 17.9 Å². The average molecular weight is 370 g/mol. The second kappa shape index (κ2) is 7.05. The lowest BCUT2D eigenvalue weighted by Crippen LogP contribution is -2.33. The second-order valence-electron chi connectivity index (χ2n) is 6.65. The van der Waals surface area contributed by atoms with Gasteiger partial charge in [-0.05, 0) is 30.2 Å². The number of hydrogen-bond donors (Lipinski definition) is 1. The maximum Gasteiger partial charge on any atom is 0.259 e. The Balaban J connectivity index is 1.93. The largest absolute Gasteiger partial charge is 0.440 e. The topological polar surface area (TPSA) is 93.9 Å². The van der Waals surface area contributed by atoms with Crippen molar-refractivity contribution >= 4 is 0 Å². The first-order valence-corrected chi connectivity index (χ1v) is 8.86. The van der Waals surface area contributed by atoms with Gasteiger partial charge in [-0.25, -0.2) is 0 Å². The fraction of sp³-hybridized carbons (Fsp3) is 0.136. The molecule has 28 heavy (non-hydrogen) atoms. The minimum Gasteiger partial charge on any atom is -0.440 e. The van der Waals surface area contributed by atoms with E-state index in [-0.39, 0.29) is 17.0 Å². The first-order valence-electron chi connectivity index (χ1n) is 8.86. The van der Waals surface area contributed by atoms with E-state index >= 15 is 0 Å². The van der Waals surface area contributed by atoms with Gasteiger partial charge in [0.25, 0.3) is 5.56 Å². The quantitative estimate of drug-likeness (QED) is 0.765. The third-order valence-electron chi connectivity index (χ3n) is 4.91. The molecule has 1 aromatic carbocycles. The number of pyridine rings is 2. The molecule has 0 fully saturated rings. The fourth-order valence-corrected chi connectivity index (χ4v) is 3.54. The Morgan fingerprint density at radius 3 is 2.61 bits per heavy atom. The number of fused-ring (bicyclic) bond motifs is 1. The molecule has 0 bridgehead atoms. The Morgan fingerprint density at radius 1 is 1.21 bits per heavy atom. The lowest BCUT2D eigenvalue weighted by atomic mass is 9.84. The van der Waals surface area contributed by atoms with Crippen LogP contribution in [-0.2, 0) is 6.54 Å². The van der Waals surface area contributed by atoms with Gasteiger partial charge in [-0.2, -0.15) is 5.26 Å². The van der Waals surface area contributed by atoms with Gasteiger partial charge in [0.2, 0.25) is 5.88 Å². The van der Waals surface area contributed by atoms with Gasteiger partial charge < -0.3 is 15.0 Å². The Labute approximate surface area is 162 Å². The summed E-state index contributed by atoms with van der Waals surface area (Å²) in [6, 6.07) is 17.2. The first-order chi connectivity index (χ1) is 13.6. The number of aromatic nitrogens is 2. The van der Waals surface area contributed by atoms with E-state index in [1.54, 1.807) is 35.2 Å². The monoisotopic (exact) mass is 370 g/mol. The van der Waals surface area contributed by atoms with E-state index in [9.17, 15) is 10.1 Å². The van der Waals surface area contributed by atoms with E-state index in [0.717, 1.165) is 16.8 Å². The summed E-state index contributed by atoms with van der Waals surface area (Å²) in [4.78, 5) is 17.5. The van der Waals surface area contributed by atoms with Crippen LogP contribution in [0.3, 0.4) is 0 Å². The summed E-state index contributed by atoms with van der Waals surface area (Å²) in [7, 11) is 0. The lowest BCUT2D eigenvalue weighted by Gasteiger charge is -2.27. The highest BCUT2D eigenvalue weighted by Crippen LogP contribution is 2.40. The van der Waals surface area contributed by atoms with Crippen LogP contribution in [0.15, 0.2) is 77.2 Å². The zero-order valence-electron chi connectivity index (χ0n) is 15.3. The molecule has 0 amide bonds. The van der Waals surface area contributed by atoms with Crippen molar-refractivity contribution in [3.05, 3.63) is 105 Å². The average Bonchev–Trinajstić information content (AvgIpc) is 2.71. The molecule has 3 heterocycles. The van der Waals surface area contributed by atoms with Crippen molar-refractivity contribution < 1.29 is 4.74 Å². The van der Waals surface area contributed by atoms with Crippen LogP contribution in [0.2, 0.25) is 0 Å². The van der Waals surface area contributed by atoms with Crippen molar-refractivity contribution in [1.29, 1.82) is 5.26 Å². The summed E-state index contributed by atoms with van der Waals surface area (Å²) in [5, 5.41) is 9.68. The highest BCUT2D eigenvalue weighted by Gasteiger charge is 2.34. The SMILES string of the molecule is Cc1cc2c(c(=O)n1Cc1ccccc1)C(c1ccncc1)C(C#N)=C(N)O2. The molecule has 0 saturated carbocycles. The molecule has 1 aliphatic rings. The number of hydrogen-bond acceptors (Lipinski definition) is 5. The van der Waals surface area contributed by atoms with E-state index < -0.39 is 5.92 Å². The molecule has 0 saturated heterocycles. The summed E-state index contributed by atoms with van der Waals surface area (Å²) in [6.07, 6.45) is 3.26. The number of benzene rings is 1. The molecule has 2 N–H and O–H groups in total. The molecule has 1 aliphatic heterocycles. The van der Waals surface area contributed by atoms with Crippen LogP contribution in [0.25, 0.3) is 0 Å². The number of nitriles is 1.